The van der Waals surface area contributed by atoms with Gasteiger partial charge in [0.2, 0.25) is 0 Å². The second kappa shape index (κ2) is 7.09. The van der Waals surface area contributed by atoms with Crippen molar-refractivity contribution in [2.24, 2.45) is 0 Å². The first-order chi connectivity index (χ1) is 11.5. The predicted octanol–water partition coefficient (Wildman–Crippen LogP) is 4.15. The fourth-order valence-electron chi connectivity index (χ4n) is 3.16. The van der Waals surface area contributed by atoms with Crippen molar-refractivity contribution < 1.29 is 14.3 Å². The van der Waals surface area contributed by atoms with Crippen LogP contribution in [0.25, 0.3) is 0 Å². The summed E-state index contributed by atoms with van der Waals surface area (Å²) in [6, 6.07) is 8.16. The number of carbonyl (C=O) groups excluding carboxylic acids is 2. The summed E-state index contributed by atoms with van der Waals surface area (Å²) in [6.07, 6.45) is 2.23. The van der Waals surface area contributed by atoms with Gasteiger partial charge in [-0.05, 0) is 60.4 Å². The zero-order valence-electron chi connectivity index (χ0n) is 13.9. The zero-order valence-corrected chi connectivity index (χ0v) is 16.1. The number of ether oxygens (including phenoxy) is 1. The Kier molecular flexibility index (Phi) is 5.08. The average Bonchev–Trinajstić information content (AvgIpc) is 2.84. The summed E-state index contributed by atoms with van der Waals surface area (Å²) >= 11 is 2.18. The Morgan fingerprint density at radius 1 is 1.25 bits per heavy atom. The molecule has 1 aliphatic carbocycles. The highest BCUT2D eigenvalue weighted by atomic mass is 127. The minimum absolute atomic E-state index is 0.122. The van der Waals surface area contributed by atoms with Crippen LogP contribution in [0, 0.1) is 10.5 Å². The fourth-order valence-corrected chi connectivity index (χ4v) is 4.20. The van der Waals surface area contributed by atoms with Crippen molar-refractivity contribution in [3.63, 3.8) is 0 Å². The first-order valence-electron chi connectivity index (χ1n) is 8.19. The molecule has 126 valence electrons. The minimum atomic E-state index is -0.351. The Bertz CT molecular complexity index is 790. The van der Waals surface area contributed by atoms with E-state index in [1.807, 2.05) is 35.8 Å². The Morgan fingerprint density at radius 2 is 1.96 bits per heavy atom. The molecule has 0 bridgehead atoms. The molecule has 2 aromatic rings. The SMILES string of the molecule is CCOC(=O)c1c(I)c2c(n1Cc1ccc(C)cc1)C(=O)CCC2. The van der Waals surface area contributed by atoms with Crippen LogP contribution < -0.4 is 0 Å². The summed E-state index contributed by atoms with van der Waals surface area (Å²) in [5, 5.41) is 0. The topological polar surface area (TPSA) is 48.3 Å². The number of carbonyl (C=O) groups is 2. The lowest BCUT2D eigenvalue weighted by molar-refractivity contribution is 0.0513. The van der Waals surface area contributed by atoms with Crippen LogP contribution in [0.2, 0.25) is 0 Å². The lowest BCUT2D eigenvalue weighted by Gasteiger charge is -2.16. The molecule has 0 amide bonds. The van der Waals surface area contributed by atoms with Crippen molar-refractivity contribution in [3.05, 3.63) is 55.9 Å². The highest BCUT2D eigenvalue weighted by Crippen LogP contribution is 2.32. The molecule has 24 heavy (non-hydrogen) atoms. The third-order valence-corrected chi connectivity index (χ3v) is 5.49. The quantitative estimate of drug-likeness (QED) is 0.534. The standard InChI is InChI=1S/C19H20INO3/c1-3-24-19(23)18-16(20)14-5-4-6-15(22)17(14)21(18)11-13-9-7-12(2)8-10-13/h7-10H,3-6,11H2,1-2H3. The molecule has 0 unspecified atom stereocenters. The third-order valence-electron chi connectivity index (χ3n) is 4.32. The lowest BCUT2D eigenvalue weighted by Crippen LogP contribution is -2.19. The number of ketones is 1. The van der Waals surface area contributed by atoms with Crippen LogP contribution in [0.4, 0.5) is 0 Å². The van der Waals surface area contributed by atoms with Gasteiger partial charge in [0.05, 0.1) is 12.3 Å². The largest absolute Gasteiger partial charge is 0.461 e. The molecular formula is C19H20INO3. The summed E-state index contributed by atoms with van der Waals surface area (Å²) in [7, 11) is 0. The van der Waals surface area contributed by atoms with Gasteiger partial charge in [-0.15, -0.1) is 0 Å². The number of halogens is 1. The molecule has 0 saturated heterocycles. The lowest BCUT2D eigenvalue weighted by atomic mass is 9.97. The molecule has 0 N–H and O–H groups in total. The molecule has 3 rings (SSSR count). The summed E-state index contributed by atoms with van der Waals surface area (Å²) in [5.74, 6) is -0.229. The van der Waals surface area contributed by atoms with Gasteiger partial charge in [-0.2, -0.15) is 0 Å². The monoisotopic (exact) mass is 437 g/mol. The second-order valence-electron chi connectivity index (χ2n) is 6.06. The molecule has 1 aliphatic rings. The molecule has 5 heteroatoms. The van der Waals surface area contributed by atoms with E-state index in [1.165, 1.54) is 5.56 Å². The Morgan fingerprint density at radius 3 is 2.62 bits per heavy atom. The van der Waals surface area contributed by atoms with Gasteiger partial charge in [-0.1, -0.05) is 29.8 Å². The number of rotatable bonds is 4. The maximum absolute atomic E-state index is 12.5. The minimum Gasteiger partial charge on any atom is -0.461 e. The zero-order chi connectivity index (χ0) is 17.3. The van der Waals surface area contributed by atoms with E-state index in [-0.39, 0.29) is 11.8 Å². The van der Waals surface area contributed by atoms with Crippen LogP contribution in [0.3, 0.4) is 0 Å². The molecular weight excluding hydrogens is 417 g/mol. The van der Waals surface area contributed by atoms with Crippen LogP contribution in [-0.2, 0) is 17.7 Å². The molecule has 0 atom stereocenters. The maximum Gasteiger partial charge on any atom is 0.356 e. The van der Waals surface area contributed by atoms with Crippen molar-refractivity contribution in [2.45, 2.75) is 39.7 Å². The van der Waals surface area contributed by atoms with Gasteiger partial charge < -0.3 is 9.30 Å². The first-order valence-corrected chi connectivity index (χ1v) is 9.27. The van der Waals surface area contributed by atoms with Crippen LogP contribution in [-0.4, -0.2) is 22.9 Å². The van der Waals surface area contributed by atoms with Crippen LogP contribution >= 0.6 is 22.6 Å². The Hall–Kier alpha value is -1.63. The third kappa shape index (κ3) is 3.14. The number of nitrogens with zero attached hydrogens (tertiary/aromatic N) is 1. The average molecular weight is 437 g/mol. The van der Waals surface area contributed by atoms with Gasteiger partial charge in [0, 0.05) is 16.5 Å². The highest BCUT2D eigenvalue weighted by molar-refractivity contribution is 14.1. The smallest absolute Gasteiger partial charge is 0.356 e. The normalized spacial score (nSPS) is 13.7. The van der Waals surface area contributed by atoms with E-state index in [0.717, 1.165) is 27.5 Å². The number of hydrogen-bond acceptors (Lipinski definition) is 3. The summed E-state index contributed by atoms with van der Waals surface area (Å²) in [5.41, 5.74) is 4.46. The van der Waals surface area contributed by atoms with E-state index in [0.29, 0.717) is 31.0 Å². The maximum atomic E-state index is 12.5. The van der Waals surface area contributed by atoms with Crippen LogP contribution in [0.1, 0.15) is 57.4 Å². The summed E-state index contributed by atoms with van der Waals surface area (Å²) < 4.78 is 7.97. The molecule has 0 fully saturated rings. The number of Topliss-reactive ketones (excluding diaryl/α,β-unsaturated/α-hetero) is 1. The van der Waals surface area contributed by atoms with Crippen molar-refractivity contribution in [1.29, 1.82) is 0 Å². The van der Waals surface area contributed by atoms with E-state index < -0.39 is 0 Å². The number of hydrogen-bond donors (Lipinski definition) is 0. The number of benzene rings is 1. The van der Waals surface area contributed by atoms with Gasteiger partial charge in [0.1, 0.15) is 5.69 Å². The summed E-state index contributed by atoms with van der Waals surface area (Å²) in [6.45, 7) is 4.66. The van der Waals surface area contributed by atoms with Crippen molar-refractivity contribution in [2.75, 3.05) is 6.61 Å². The Balaban J connectivity index is 2.12. The molecule has 0 aliphatic heterocycles. The Labute approximate surface area is 155 Å². The summed E-state index contributed by atoms with van der Waals surface area (Å²) in [4.78, 5) is 25.0. The van der Waals surface area contributed by atoms with Crippen molar-refractivity contribution in [1.82, 2.24) is 4.57 Å². The van der Waals surface area contributed by atoms with Gasteiger partial charge in [0.15, 0.2) is 5.78 Å². The second-order valence-corrected chi connectivity index (χ2v) is 7.14. The van der Waals surface area contributed by atoms with E-state index >= 15 is 0 Å². The molecule has 1 aromatic heterocycles. The molecule has 0 spiro atoms. The van der Waals surface area contributed by atoms with Crippen molar-refractivity contribution in [3.8, 4) is 0 Å². The molecule has 1 aromatic carbocycles. The van der Waals surface area contributed by atoms with Gasteiger partial charge in [-0.3, -0.25) is 4.79 Å². The molecule has 0 radical (unpaired) electrons. The number of fused-ring (bicyclic) bond motifs is 1. The van der Waals surface area contributed by atoms with Crippen LogP contribution in [0.15, 0.2) is 24.3 Å². The molecule has 0 saturated carbocycles. The van der Waals surface area contributed by atoms with E-state index in [9.17, 15) is 9.59 Å². The first kappa shape index (κ1) is 17.2. The fraction of sp³-hybridized carbons (Fsp3) is 0.368. The van der Waals surface area contributed by atoms with E-state index in [2.05, 4.69) is 22.6 Å². The number of aromatic nitrogens is 1. The van der Waals surface area contributed by atoms with Gasteiger partial charge >= 0.3 is 5.97 Å². The van der Waals surface area contributed by atoms with Gasteiger partial charge in [-0.25, -0.2) is 4.79 Å². The van der Waals surface area contributed by atoms with Crippen molar-refractivity contribution >= 4 is 34.3 Å². The number of aryl methyl sites for hydroxylation is 1. The predicted molar refractivity (Wildman–Crippen MR) is 101 cm³/mol. The van der Waals surface area contributed by atoms with Crippen LogP contribution in [0.5, 0.6) is 0 Å². The molecule has 4 nitrogen and oxygen atoms in total. The molecule has 1 heterocycles. The van der Waals surface area contributed by atoms with Gasteiger partial charge in [0.25, 0.3) is 0 Å². The van der Waals surface area contributed by atoms with E-state index in [1.54, 1.807) is 6.92 Å². The van der Waals surface area contributed by atoms with E-state index in [4.69, 9.17) is 4.74 Å². The number of esters is 1. The highest BCUT2D eigenvalue weighted by Gasteiger charge is 2.31.